The smallest absolute Gasteiger partial charge is 0.328 e. The summed E-state index contributed by atoms with van der Waals surface area (Å²) in [6.45, 7) is 6.08. The van der Waals surface area contributed by atoms with Gasteiger partial charge in [-0.25, -0.2) is 4.79 Å². The summed E-state index contributed by atoms with van der Waals surface area (Å²) in [7, 11) is 1.34. The first-order chi connectivity index (χ1) is 9.81. The summed E-state index contributed by atoms with van der Waals surface area (Å²) in [4.78, 5) is 23.8. The van der Waals surface area contributed by atoms with Crippen molar-refractivity contribution < 1.29 is 14.3 Å². The molecule has 0 bridgehead atoms. The normalized spacial score (nSPS) is 12.6. The summed E-state index contributed by atoms with van der Waals surface area (Å²) >= 11 is 0. The number of hydrogen-bond acceptors (Lipinski definition) is 3. The fraction of sp³-hybridized carbons (Fsp3) is 0.529. The molecule has 116 valence electrons. The van der Waals surface area contributed by atoms with Crippen molar-refractivity contribution in [1.82, 2.24) is 5.32 Å². The second-order valence-electron chi connectivity index (χ2n) is 6.39. The van der Waals surface area contributed by atoms with Crippen LogP contribution in [0.15, 0.2) is 30.3 Å². The second-order valence-corrected chi connectivity index (χ2v) is 6.39. The standard InChI is InChI=1S/C17H25NO3/c1-17(2,3)12-14(16(20)21-4)18-15(19)11-10-13-8-6-5-7-9-13/h5-9,14H,10-12H2,1-4H3,(H,18,19)/t14-/m0/s1. The Kier molecular flexibility index (Phi) is 6.40. The maximum absolute atomic E-state index is 12.0. The maximum Gasteiger partial charge on any atom is 0.328 e. The maximum atomic E-state index is 12.0. The highest BCUT2D eigenvalue weighted by Gasteiger charge is 2.26. The number of methoxy groups -OCH3 is 1. The number of rotatable bonds is 6. The number of ether oxygens (including phenoxy) is 1. The predicted octanol–water partition coefficient (Wildman–Crippen LogP) is 2.71. The Hall–Kier alpha value is -1.84. The van der Waals surface area contributed by atoms with Crippen molar-refractivity contribution in [3.8, 4) is 0 Å². The Morgan fingerprint density at radius 1 is 1.19 bits per heavy atom. The topological polar surface area (TPSA) is 55.4 Å². The zero-order valence-corrected chi connectivity index (χ0v) is 13.3. The van der Waals surface area contributed by atoms with E-state index in [9.17, 15) is 9.59 Å². The molecule has 0 radical (unpaired) electrons. The summed E-state index contributed by atoms with van der Waals surface area (Å²) < 4.78 is 4.77. The Morgan fingerprint density at radius 3 is 2.33 bits per heavy atom. The van der Waals surface area contributed by atoms with Crippen molar-refractivity contribution in [1.29, 1.82) is 0 Å². The summed E-state index contributed by atoms with van der Waals surface area (Å²) in [6, 6.07) is 9.23. The molecule has 0 aliphatic heterocycles. The van der Waals surface area contributed by atoms with Crippen molar-refractivity contribution in [2.45, 2.75) is 46.1 Å². The Bertz CT molecular complexity index is 463. The monoisotopic (exact) mass is 291 g/mol. The first-order valence-electron chi connectivity index (χ1n) is 7.23. The molecule has 0 heterocycles. The van der Waals surface area contributed by atoms with Crippen molar-refractivity contribution >= 4 is 11.9 Å². The van der Waals surface area contributed by atoms with Crippen LogP contribution >= 0.6 is 0 Å². The third-order valence-corrected chi connectivity index (χ3v) is 3.12. The van der Waals surface area contributed by atoms with Crippen LogP contribution < -0.4 is 5.32 Å². The molecule has 4 nitrogen and oxygen atoms in total. The predicted molar refractivity (Wildman–Crippen MR) is 82.8 cm³/mol. The summed E-state index contributed by atoms with van der Waals surface area (Å²) in [5.41, 5.74) is 1.05. The van der Waals surface area contributed by atoms with Gasteiger partial charge in [-0.05, 0) is 23.8 Å². The fourth-order valence-electron chi connectivity index (χ4n) is 2.12. The lowest BCUT2D eigenvalue weighted by atomic mass is 9.88. The number of carbonyl (C=O) groups excluding carboxylic acids is 2. The van der Waals surface area contributed by atoms with Crippen LogP contribution in [-0.2, 0) is 20.7 Å². The molecule has 0 saturated heterocycles. The molecule has 21 heavy (non-hydrogen) atoms. The van der Waals surface area contributed by atoms with Gasteiger partial charge in [0.1, 0.15) is 6.04 Å². The van der Waals surface area contributed by atoms with Gasteiger partial charge in [0.05, 0.1) is 7.11 Å². The number of esters is 1. The third-order valence-electron chi connectivity index (χ3n) is 3.12. The van der Waals surface area contributed by atoms with Gasteiger partial charge in [-0.2, -0.15) is 0 Å². The van der Waals surface area contributed by atoms with Crippen LogP contribution in [0.5, 0.6) is 0 Å². The molecule has 1 aromatic carbocycles. The first-order valence-corrected chi connectivity index (χ1v) is 7.23. The molecule has 0 fully saturated rings. The fourth-order valence-corrected chi connectivity index (χ4v) is 2.12. The molecular formula is C17H25NO3. The average molecular weight is 291 g/mol. The van der Waals surface area contributed by atoms with Crippen LogP contribution in [0.1, 0.15) is 39.2 Å². The van der Waals surface area contributed by atoms with Gasteiger partial charge in [-0.15, -0.1) is 0 Å². The minimum absolute atomic E-state index is 0.0639. The number of benzene rings is 1. The molecule has 0 unspecified atom stereocenters. The lowest BCUT2D eigenvalue weighted by Gasteiger charge is -2.25. The molecule has 1 aromatic rings. The summed E-state index contributed by atoms with van der Waals surface area (Å²) in [5.74, 6) is -0.517. The van der Waals surface area contributed by atoms with E-state index >= 15 is 0 Å². The van der Waals surface area contributed by atoms with Crippen LogP contribution in [0.2, 0.25) is 0 Å². The number of nitrogens with one attached hydrogen (secondary N) is 1. The van der Waals surface area contributed by atoms with Crippen molar-refractivity contribution in [3.63, 3.8) is 0 Å². The highest BCUT2D eigenvalue weighted by Crippen LogP contribution is 2.21. The van der Waals surface area contributed by atoms with Gasteiger partial charge in [0.2, 0.25) is 5.91 Å². The molecule has 4 heteroatoms. The summed E-state index contributed by atoms with van der Waals surface area (Å²) in [6.07, 6.45) is 1.58. The molecule has 0 aliphatic rings. The van der Waals surface area contributed by atoms with Crippen LogP contribution in [0.3, 0.4) is 0 Å². The van der Waals surface area contributed by atoms with Gasteiger partial charge >= 0.3 is 5.97 Å². The highest BCUT2D eigenvalue weighted by atomic mass is 16.5. The van der Waals surface area contributed by atoms with E-state index in [2.05, 4.69) is 5.32 Å². The van der Waals surface area contributed by atoms with E-state index in [1.165, 1.54) is 7.11 Å². The van der Waals surface area contributed by atoms with E-state index in [0.29, 0.717) is 19.3 Å². The van der Waals surface area contributed by atoms with E-state index in [-0.39, 0.29) is 11.3 Å². The number of carbonyl (C=O) groups is 2. The van der Waals surface area contributed by atoms with Gasteiger partial charge in [-0.3, -0.25) is 4.79 Å². The van der Waals surface area contributed by atoms with E-state index in [1.54, 1.807) is 0 Å². The van der Waals surface area contributed by atoms with Gasteiger partial charge in [-0.1, -0.05) is 51.1 Å². The van der Waals surface area contributed by atoms with E-state index < -0.39 is 12.0 Å². The zero-order valence-electron chi connectivity index (χ0n) is 13.3. The third kappa shape index (κ3) is 6.93. The Balaban J connectivity index is 2.54. The van der Waals surface area contributed by atoms with Crippen LogP contribution in [0.4, 0.5) is 0 Å². The van der Waals surface area contributed by atoms with Crippen molar-refractivity contribution in [2.24, 2.45) is 5.41 Å². The lowest BCUT2D eigenvalue weighted by Crippen LogP contribution is -2.43. The number of amides is 1. The Labute approximate surface area is 126 Å². The molecule has 1 amide bonds. The number of hydrogen-bond donors (Lipinski definition) is 1. The largest absolute Gasteiger partial charge is 0.467 e. The van der Waals surface area contributed by atoms with Gasteiger partial charge < -0.3 is 10.1 Å². The zero-order chi connectivity index (χ0) is 15.9. The van der Waals surface area contributed by atoms with E-state index in [1.807, 2.05) is 51.1 Å². The molecule has 0 aromatic heterocycles. The van der Waals surface area contributed by atoms with E-state index in [4.69, 9.17) is 4.74 Å². The average Bonchev–Trinajstić information content (AvgIpc) is 2.43. The van der Waals surface area contributed by atoms with E-state index in [0.717, 1.165) is 5.56 Å². The van der Waals surface area contributed by atoms with Crippen molar-refractivity contribution in [3.05, 3.63) is 35.9 Å². The number of aryl methyl sites for hydroxylation is 1. The molecule has 0 saturated carbocycles. The van der Waals surface area contributed by atoms with Crippen molar-refractivity contribution in [2.75, 3.05) is 7.11 Å². The lowest BCUT2D eigenvalue weighted by molar-refractivity contribution is -0.146. The molecule has 0 aliphatic carbocycles. The molecule has 1 N–H and O–H groups in total. The van der Waals surface area contributed by atoms with Crippen LogP contribution in [0, 0.1) is 5.41 Å². The molecule has 0 spiro atoms. The first kappa shape index (κ1) is 17.2. The van der Waals surface area contributed by atoms with Gasteiger partial charge in [0, 0.05) is 6.42 Å². The SMILES string of the molecule is COC(=O)[C@H](CC(C)(C)C)NC(=O)CCc1ccccc1. The second kappa shape index (κ2) is 7.81. The Morgan fingerprint density at radius 2 is 1.81 bits per heavy atom. The quantitative estimate of drug-likeness (QED) is 0.820. The van der Waals surface area contributed by atoms with Crippen LogP contribution in [-0.4, -0.2) is 25.0 Å². The highest BCUT2D eigenvalue weighted by molar-refractivity contribution is 5.84. The van der Waals surface area contributed by atoms with Crippen LogP contribution in [0.25, 0.3) is 0 Å². The molecular weight excluding hydrogens is 266 g/mol. The molecule has 1 rings (SSSR count). The summed E-state index contributed by atoms with van der Waals surface area (Å²) in [5, 5.41) is 2.78. The molecule has 1 atom stereocenters. The van der Waals surface area contributed by atoms with Gasteiger partial charge in [0.15, 0.2) is 0 Å². The minimum Gasteiger partial charge on any atom is -0.467 e. The minimum atomic E-state index is -0.585. The van der Waals surface area contributed by atoms with Gasteiger partial charge in [0.25, 0.3) is 0 Å².